The Morgan fingerprint density at radius 2 is 2.05 bits per heavy atom. The fourth-order valence-corrected chi connectivity index (χ4v) is 2.70. The van der Waals surface area contributed by atoms with E-state index in [9.17, 15) is 17.6 Å². The number of halogens is 1. The minimum atomic E-state index is -3.45. The second-order valence-electron chi connectivity index (χ2n) is 3.88. The lowest BCUT2D eigenvalue weighted by Gasteiger charge is -2.07. The molecule has 0 radical (unpaired) electrons. The first-order valence-corrected chi connectivity index (χ1v) is 8.04. The SMILES string of the molecule is CS(=O)(=O)c1ccc(F)c(NC(=O)c2ccsc2)c1. The molecule has 2 rings (SSSR count). The molecule has 0 bridgehead atoms. The maximum atomic E-state index is 13.6. The van der Waals surface area contributed by atoms with Gasteiger partial charge in [0.2, 0.25) is 0 Å². The highest BCUT2D eigenvalue weighted by Crippen LogP contribution is 2.20. The zero-order valence-electron chi connectivity index (χ0n) is 9.88. The summed E-state index contributed by atoms with van der Waals surface area (Å²) in [5, 5.41) is 5.69. The number of rotatable bonds is 3. The van der Waals surface area contributed by atoms with Gasteiger partial charge in [0, 0.05) is 11.6 Å². The summed E-state index contributed by atoms with van der Waals surface area (Å²) in [7, 11) is -3.45. The van der Waals surface area contributed by atoms with E-state index >= 15 is 0 Å². The molecular weight excluding hydrogens is 289 g/mol. The third kappa shape index (κ3) is 3.18. The topological polar surface area (TPSA) is 63.2 Å². The molecule has 1 aromatic heterocycles. The number of nitrogens with one attached hydrogen (secondary N) is 1. The normalized spacial score (nSPS) is 11.3. The number of carbonyl (C=O) groups excluding carboxylic acids is 1. The van der Waals surface area contributed by atoms with Gasteiger partial charge >= 0.3 is 0 Å². The van der Waals surface area contributed by atoms with Crippen molar-refractivity contribution < 1.29 is 17.6 Å². The van der Waals surface area contributed by atoms with Gasteiger partial charge in [0.15, 0.2) is 9.84 Å². The highest BCUT2D eigenvalue weighted by Gasteiger charge is 2.14. The van der Waals surface area contributed by atoms with Gasteiger partial charge in [-0.05, 0) is 29.6 Å². The number of carbonyl (C=O) groups is 1. The van der Waals surface area contributed by atoms with Crippen LogP contribution in [-0.2, 0) is 9.84 Å². The van der Waals surface area contributed by atoms with Crippen molar-refractivity contribution in [3.05, 3.63) is 46.4 Å². The second kappa shape index (κ2) is 5.10. The van der Waals surface area contributed by atoms with E-state index < -0.39 is 21.6 Å². The van der Waals surface area contributed by atoms with Crippen molar-refractivity contribution in [2.75, 3.05) is 11.6 Å². The Hall–Kier alpha value is -1.73. The molecule has 1 aromatic carbocycles. The first kappa shape index (κ1) is 13.7. The van der Waals surface area contributed by atoms with Crippen LogP contribution in [0.5, 0.6) is 0 Å². The van der Waals surface area contributed by atoms with Crippen molar-refractivity contribution in [1.29, 1.82) is 0 Å². The third-order valence-electron chi connectivity index (χ3n) is 2.40. The fraction of sp³-hybridized carbons (Fsp3) is 0.0833. The summed E-state index contributed by atoms with van der Waals surface area (Å²) in [5.74, 6) is -1.17. The Labute approximate surface area is 113 Å². The van der Waals surface area contributed by atoms with E-state index in [4.69, 9.17) is 0 Å². The van der Waals surface area contributed by atoms with Crippen LogP contribution in [0.15, 0.2) is 39.9 Å². The number of amides is 1. The van der Waals surface area contributed by atoms with Crippen molar-refractivity contribution >= 4 is 32.8 Å². The molecule has 100 valence electrons. The van der Waals surface area contributed by atoms with Gasteiger partial charge in [0.05, 0.1) is 16.1 Å². The molecule has 1 heterocycles. The molecule has 0 fully saturated rings. The van der Waals surface area contributed by atoms with Gasteiger partial charge in [0.25, 0.3) is 5.91 Å². The van der Waals surface area contributed by atoms with Crippen molar-refractivity contribution in [3.63, 3.8) is 0 Å². The molecule has 1 N–H and O–H groups in total. The van der Waals surface area contributed by atoms with Crippen molar-refractivity contribution in [2.45, 2.75) is 4.90 Å². The molecule has 0 spiro atoms. The van der Waals surface area contributed by atoms with Crippen molar-refractivity contribution in [3.8, 4) is 0 Å². The smallest absolute Gasteiger partial charge is 0.256 e. The first-order valence-electron chi connectivity index (χ1n) is 5.21. The van der Waals surface area contributed by atoms with E-state index in [1.807, 2.05) is 0 Å². The van der Waals surface area contributed by atoms with E-state index in [2.05, 4.69) is 5.32 Å². The number of hydrogen-bond donors (Lipinski definition) is 1. The Balaban J connectivity index is 2.32. The lowest BCUT2D eigenvalue weighted by molar-refractivity contribution is 0.102. The Morgan fingerprint density at radius 3 is 2.63 bits per heavy atom. The van der Waals surface area contributed by atoms with Gasteiger partial charge in [-0.25, -0.2) is 12.8 Å². The summed E-state index contributed by atoms with van der Waals surface area (Å²) in [6, 6.07) is 4.87. The Morgan fingerprint density at radius 1 is 1.32 bits per heavy atom. The molecule has 0 aliphatic carbocycles. The minimum Gasteiger partial charge on any atom is -0.319 e. The van der Waals surface area contributed by atoms with E-state index in [0.717, 1.165) is 24.5 Å². The average Bonchev–Trinajstić information content (AvgIpc) is 2.84. The van der Waals surface area contributed by atoms with Gasteiger partial charge in [-0.2, -0.15) is 11.3 Å². The molecule has 19 heavy (non-hydrogen) atoms. The van der Waals surface area contributed by atoms with Crippen molar-refractivity contribution in [1.82, 2.24) is 0 Å². The van der Waals surface area contributed by atoms with Crippen LogP contribution in [-0.4, -0.2) is 20.6 Å². The molecule has 2 aromatic rings. The van der Waals surface area contributed by atoms with E-state index in [1.165, 1.54) is 11.3 Å². The van der Waals surface area contributed by atoms with Crippen LogP contribution in [0.4, 0.5) is 10.1 Å². The van der Waals surface area contributed by atoms with Crippen LogP contribution in [0.2, 0.25) is 0 Å². The van der Waals surface area contributed by atoms with Crippen LogP contribution in [0.1, 0.15) is 10.4 Å². The highest BCUT2D eigenvalue weighted by atomic mass is 32.2. The minimum absolute atomic E-state index is 0.0467. The zero-order valence-corrected chi connectivity index (χ0v) is 11.5. The molecule has 1 amide bonds. The Kier molecular flexibility index (Phi) is 3.68. The first-order chi connectivity index (χ1) is 8.88. The van der Waals surface area contributed by atoms with E-state index in [-0.39, 0.29) is 10.6 Å². The highest BCUT2D eigenvalue weighted by molar-refractivity contribution is 7.90. The van der Waals surface area contributed by atoms with Crippen LogP contribution in [0, 0.1) is 5.82 Å². The zero-order chi connectivity index (χ0) is 14.0. The molecule has 4 nitrogen and oxygen atoms in total. The van der Waals surface area contributed by atoms with Gasteiger partial charge in [-0.15, -0.1) is 0 Å². The van der Waals surface area contributed by atoms with Crippen LogP contribution in [0.3, 0.4) is 0 Å². The number of hydrogen-bond acceptors (Lipinski definition) is 4. The quantitative estimate of drug-likeness (QED) is 0.886. The number of sulfone groups is 1. The molecule has 0 aliphatic rings. The Bertz CT molecular complexity index is 709. The average molecular weight is 299 g/mol. The summed E-state index contributed by atoms with van der Waals surface area (Å²) in [6.07, 6.45) is 1.02. The predicted molar refractivity (Wildman–Crippen MR) is 71.8 cm³/mol. The van der Waals surface area contributed by atoms with E-state index in [0.29, 0.717) is 5.56 Å². The summed E-state index contributed by atoms with van der Waals surface area (Å²) in [5.41, 5.74) is 0.244. The maximum absolute atomic E-state index is 13.6. The molecule has 7 heteroatoms. The summed E-state index contributed by atoms with van der Waals surface area (Å²) < 4.78 is 36.3. The molecule has 0 atom stereocenters. The number of benzene rings is 1. The molecule has 0 unspecified atom stereocenters. The third-order valence-corrected chi connectivity index (χ3v) is 4.19. The standard InChI is InChI=1S/C12H10FNO3S2/c1-19(16,17)9-2-3-10(13)11(6-9)14-12(15)8-4-5-18-7-8/h2-7H,1H3,(H,14,15). The van der Waals surface area contributed by atoms with Crippen LogP contribution < -0.4 is 5.32 Å². The largest absolute Gasteiger partial charge is 0.319 e. The molecular formula is C12H10FNO3S2. The van der Waals surface area contributed by atoms with Gasteiger partial charge in [0.1, 0.15) is 5.82 Å². The van der Waals surface area contributed by atoms with Gasteiger partial charge in [-0.3, -0.25) is 4.79 Å². The van der Waals surface area contributed by atoms with Gasteiger partial charge in [-0.1, -0.05) is 0 Å². The maximum Gasteiger partial charge on any atom is 0.256 e. The molecule has 0 saturated carbocycles. The lowest BCUT2D eigenvalue weighted by atomic mass is 10.2. The van der Waals surface area contributed by atoms with Crippen LogP contribution >= 0.6 is 11.3 Å². The summed E-state index contributed by atoms with van der Waals surface area (Å²) in [4.78, 5) is 11.7. The monoisotopic (exact) mass is 299 g/mol. The van der Waals surface area contributed by atoms with Crippen LogP contribution in [0.25, 0.3) is 0 Å². The number of thiophene rings is 1. The number of anilines is 1. The van der Waals surface area contributed by atoms with Gasteiger partial charge < -0.3 is 5.32 Å². The molecule has 0 saturated heterocycles. The fourth-order valence-electron chi connectivity index (χ4n) is 1.42. The van der Waals surface area contributed by atoms with Crippen molar-refractivity contribution in [2.24, 2.45) is 0 Å². The lowest BCUT2D eigenvalue weighted by Crippen LogP contribution is -2.12. The van der Waals surface area contributed by atoms with E-state index in [1.54, 1.807) is 16.8 Å². The predicted octanol–water partition coefficient (Wildman–Crippen LogP) is 2.54. The second-order valence-corrected chi connectivity index (χ2v) is 6.68. The molecule has 0 aliphatic heterocycles. The summed E-state index contributed by atoms with van der Waals surface area (Å²) >= 11 is 1.34. The summed E-state index contributed by atoms with van der Waals surface area (Å²) in [6.45, 7) is 0.